The molecule has 0 fully saturated rings. The van der Waals surface area contributed by atoms with Gasteiger partial charge in [0.2, 0.25) is 0 Å². The van der Waals surface area contributed by atoms with E-state index in [9.17, 15) is 43.2 Å². The molecule has 0 saturated heterocycles. The minimum Gasteiger partial charge on any atom is -0.462 e. The molecule has 0 aliphatic carbocycles. The van der Waals surface area contributed by atoms with Crippen LogP contribution >= 0.6 is 15.6 Å². The minimum atomic E-state index is -4.99. The number of hydrogen-bond acceptors (Lipinski definition) is 15. The molecular weight excluding hydrogens is 1350 g/mol. The average molecular weight is 1510 g/mol. The molecule has 0 spiro atoms. The van der Waals surface area contributed by atoms with Crippen LogP contribution in [0.25, 0.3) is 0 Å². The number of phosphoric ester groups is 2. The van der Waals surface area contributed by atoms with Crippen LogP contribution in [0.4, 0.5) is 0 Å². The summed E-state index contributed by atoms with van der Waals surface area (Å²) in [7, 11) is -9.97. The van der Waals surface area contributed by atoms with Gasteiger partial charge in [0, 0.05) is 25.7 Å². The number of phosphoric acid groups is 2. The second-order valence-electron chi connectivity index (χ2n) is 28.1. The fourth-order valence-electron chi connectivity index (χ4n) is 11.5. The highest BCUT2D eigenvalue weighted by molar-refractivity contribution is 7.47. The molecule has 0 aromatic carbocycles. The lowest BCUT2D eigenvalue weighted by Gasteiger charge is -2.21. The van der Waals surface area contributed by atoms with E-state index in [-0.39, 0.29) is 25.7 Å². The van der Waals surface area contributed by atoms with E-state index in [4.69, 9.17) is 37.0 Å². The molecule has 17 nitrogen and oxygen atoms in total. The molecule has 0 aromatic rings. The van der Waals surface area contributed by atoms with Crippen molar-refractivity contribution in [2.45, 2.75) is 393 Å². The lowest BCUT2D eigenvalue weighted by atomic mass is 10.0. The summed E-state index contributed by atoms with van der Waals surface area (Å²) in [5.41, 5.74) is 0. The van der Waals surface area contributed by atoms with Crippen LogP contribution in [0.5, 0.6) is 0 Å². The van der Waals surface area contributed by atoms with Gasteiger partial charge in [0.25, 0.3) is 0 Å². The van der Waals surface area contributed by atoms with Crippen molar-refractivity contribution in [2.75, 3.05) is 39.6 Å². The third-order valence-electron chi connectivity index (χ3n) is 17.9. The number of esters is 4. The molecule has 0 radical (unpaired) electrons. The molecule has 19 heteroatoms. The van der Waals surface area contributed by atoms with Crippen molar-refractivity contribution in [3.8, 4) is 0 Å². The lowest BCUT2D eigenvalue weighted by Crippen LogP contribution is -2.30. The predicted molar refractivity (Wildman–Crippen MR) is 427 cm³/mol. The highest BCUT2D eigenvalue weighted by Crippen LogP contribution is 2.45. The summed E-state index contributed by atoms with van der Waals surface area (Å²) in [5, 5.41) is 10.7. The Morgan fingerprint density at radius 2 is 0.519 bits per heavy atom. The Bertz CT molecular complexity index is 2300. The largest absolute Gasteiger partial charge is 0.472 e. The molecule has 0 aliphatic rings. The number of aliphatic hydroxyl groups is 1. The van der Waals surface area contributed by atoms with Gasteiger partial charge in [-0.25, -0.2) is 9.13 Å². The van der Waals surface area contributed by atoms with Gasteiger partial charge in [-0.05, 0) is 89.9 Å². The summed E-state index contributed by atoms with van der Waals surface area (Å²) >= 11 is 0. The minimum absolute atomic E-state index is 0.0364. The quantitative estimate of drug-likeness (QED) is 0.0169. The van der Waals surface area contributed by atoms with E-state index in [0.717, 1.165) is 116 Å². The normalized spacial score (nSPS) is 14.3. The fraction of sp³-hybridized carbons (Fsp3) is 0.788. The zero-order chi connectivity index (χ0) is 76.0. The third kappa shape index (κ3) is 76.4. The van der Waals surface area contributed by atoms with Gasteiger partial charge in [0.1, 0.15) is 19.3 Å². The van der Waals surface area contributed by atoms with Gasteiger partial charge >= 0.3 is 39.5 Å². The second kappa shape index (κ2) is 77.4. The van der Waals surface area contributed by atoms with E-state index in [2.05, 4.69) is 101 Å². The Morgan fingerprint density at radius 1 is 0.279 bits per heavy atom. The van der Waals surface area contributed by atoms with Crippen molar-refractivity contribution in [1.82, 2.24) is 0 Å². The first-order valence-corrected chi connectivity index (χ1v) is 44.8. The second-order valence-corrected chi connectivity index (χ2v) is 31.0. The van der Waals surface area contributed by atoms with Gasteiger partial charge in [-0.3, -0.25) is 37.3 Å². The van der Waals surface area contributed by atoms with Crippen LogP contribution in [-0.2, 0) is 65.4 Å². The van der Waals surface area contributed by atoms with Crippen molar-refractivity contribution in [3.05, 3.63) is 85.1 Å². The highest BCUT2D eigenvalue weighted by Gasteiger charge is 2.30. The Labute approximate surface area is 634 Å². The maximum Gasteiger partial charge on any atom is 0.472 e. The monoisotopic (exact) mass is 1510 g/mol. The Hall–Kier alpha value is -3.76. The van der Waals surface area contributed by atoms with Gasteiger partial charge in [0.05, 0.1) is 26.4 Å². The summed E-state index contributed by atoms with van der Waals surface area (Å²) in [6, 6.07) is 0. The average Bonchev–Trinajstić information content (AvgIpc) is 0.918. The van der Waals surface area contributed by atoms with Crippen molar-refractivity contribution in [2.24, 2.45) is 0 Å². The molecule has 0 amide bonds. The fourth-order valence-corrected chi connectivity index (χ4v) is 13.1. The molecule has 0 saturated carbocycles. The number of carbonyl (C=O) groups excluding carboxylic acids is 4. The number of hydrogen-bond donors (Lipinski definition) is 3. The number of aliphatic hydroxyl groups excluding tert-OH is 1. The number of unbranched alkanes of at least 4 members (excludes halogenated alkanes) is 39. The molecular formula is C85H152O17P2. The summed E-state index contributed by atoms with van der Waals surface area (Å²) < 4.78 is 68.7. The number of allylic oxidation sites excluding steroid dienone is 14. The Kier molecular flexibility index (Phi) is 74.6. The molecule has 0 aromatic heterocycles. The molecule has 0 bridgehead atoms. The first kappa shape index (κ1) is 100. The molecule has 104 heavy (non-hydrogen) atoms. The Morgan fingerprint density at radius 3 is 0.827 bits per heavy atom. The zero-order valence-electron chi connectivity index (χ0n) is 66.2. The van der Waals surface area contributed by atoms with Gasteiger partial charge in [-0.2, -0.15) is 0 Å². The molecule has 0 heterocycles. The van der Waals surface area contributed by atoms with Crippen molar-refractivity contribution in [3.63, 3.8) is 0 Å². The van der Waals surface area contributed by atoms with Crippen molar-refractivity contribution < 1.29 is 80.2 Å². The maximum absolute atomic E-state index is 13.1. The van der Waals surface area contributed by atoms with E-state index >= 15 is 0 Å². The standard InChI is InChI=1S/C85H152O17P2/c1-5-9-13-17-21-25-29-33-37-38-39-40-44-46-50-54-58-62-66-70-83(88)96-76-81(102-85(90)72-68-64-60-56-52-48-43-36-32-28-24-20-16-12-8-4)78-100-104(93,94)98-74-79(86)73-97-103(91,92)99-77-80(101-84(89)71-67-63-59-55-51-47-42-35-31-27-23-19-15-11-7-3)75-95-82(87)69-65-61-57-53-49-45-41-34-30-26-22-18-14-10-6-2/h9,13,21,25,33,36-37,39-40,43,46,50,58,62,79-81,86H,5-8,10-12,14-20,22-24,26-32,34-35,38,41-42,44-45,47-49,51-57,59-61,63-78H2,1-4H3,(H,91,92)(H,93,94)/b13-9-,25-21-,37-33-,40-39-,43-36-,50-46-,62-58-/t79-,80+,81+/m0/s1. The van der Waals surface area contributed by atoms with Gasteiger partial charge in [0.15, 0.2) is 12.2 Å². The highest BCUT2D eigenvalue weighted by atomic mass is 31.2. The van der Waals surface area contributed by atoms with Crippen LogP contribution < -0.4 is 0 Å². The van der Waals surface area contributed by atoms with Gasteiger partial charge in [-0.1, -0.05) is 344 Å². The molecule has 5 atom stereocenters. The van der Waals surface area contributed by atoms with Crippen LogP contribution in [0.2, 0.25) is 0 Å². The van der Waals surface area contributed by atoms with E-state index < -0.39 is 97.5 Å². The molecule has 604 valence electrons. The van der Waals surface area contributed by atoms with E-state index in [1.54, 1.807) is 0 Å². The topological polar surface area (TPSA) is 237 Å². The number of carbonyl (C=O) groups is 4. The van der Waals surface area contributed by atoms with Crippen LogP contribution in [0.15, 0.2) is 85.1 Å². The summed E-state index contributed by atoms with van der Waals surface area (Å²) in [4.78, 5) is 73.1. The van der Waals surface area contributed by atoms with E-state index in [1.165, 1.54) is 173 Å². The number of rotatable bonds is 79. The zero-order valence-corrected chi connectivity index (χ0v) is 68.0. The van der Waals surface area contributed by atoms with Gasteiger partial charge in [-0.15, -0.1) is 0 Å². The lowest BCUT2D eigenvalue weighted by molar-refractivity contribution is -0.161. The predicted octanol–water partition coefficient (Wildman–Crippen LogP) is 24.6. The molecule has 3 N–H and O–H groups in total. The summed E-state index contributed by atoms with van der Waals surface area (Å²) in [6.07, 6.45) is 81.4. The molecule has 0 aliphatic heterocycles. The van der Waals surface area contributed by atoms with Crippen LogP contribution in [0.1, 0.15) is 374 Å². The summed E-state index contributed by atoms with van der Waals surface area (Å²) in [5.74, 6) is -2.25. The van der Waals surface area contributed by atoms with E-state index in [1.807, 2.05) is 12.2 Å². The third-order valence-corrected chi connectivity index (χ3v) is 19.8. The summed E-state index contributed by atoms with van der Waals surface area (Å²) in [6.45, 7) is 4.75. The smallest absolute Gasteiger partial charge is 0.462 e. The first-order valence-electron chi connectivity index (χ1n) is 41.8. The molecule has 0 rings (SSSR count). The SMILES string of the molecule is CC/C=C\C/C=C\C/C=C\C/C=C\C/C=C\C/C=C\CCC(=O)OC[C@H](COP(=O)(O)OC[C@@H](O)COP(=O)(O)OC[C@@H](COC(=O)CCCCCCCCCCCCCCCCC)OC(=O)CCCCCCCCCCCCCCCCC)OC(=O)CCCCCCC/C=C\CCCCCCCC. The number of ether oxygens (including phenoxy) is 4. The van der Waals surface area contributed by atoms with Gasteiger partial charge < -0.3 is 33.8 Å². The van der Waals surface area contributed by atoms with Crippen LogP contribution in [-0.4, -0.2) is 96.7 Å². The Balaban J connectivity index is 5.39. The van der Waals surface area contributed by atoms with E-state index in [0.29, 0.717) is 32.1 Å². The molecule has 2 unspecified atom stereocenters. The van der Waals surface area contributed by atoms with Crippen molar-refractivity contribution in [1.29, 1.82) is 0 Å². The first-order chi connectivity index (χ1) is 50.7. The van der Waals surface area contributed by atoms with Crippen molar-refractivity contribution >= 4 is 39.5 Å². The van der Waals surface area contributed by atoms with Crippen LogP contribution in [0, 0.1) is 0 Å². The maximum atomic E-state index is 13.1. The van der Waals surface area contributed by atoms with Crippen LogP contribution in [0.3, 0.4) is 0 Å².